The van der Waals surface area contributed by atoms with E-state index in [9.17, 15) is 9.59 Å². The fourth-order valence-electron chi connectivity index (χ4n) is 3.71. The number of hydrogen-bond donors (Lipinski definition) is 1. The third-order valence-corrected chi connectivity index (χ3v) is 5.36. The highest BCUT2D eigenvalue weighted by Gasteiger charge is 2.29. The van der Waals surface area contributed by atoms with E-state index in [-0.39, 0.29) is 17.5 Å². The van der Waals surface area contributed by atoms with Crippen molar-refractivity contribution in [2.24, 2.45) is 0 Å². The van der Waals surface area contributed by atoms with Gasteiger partial charge in [-0.05, 0) is 33.1 Å². The molecule has 4 heterocycles. The molecule has 0 spiro atoms. The van der Waals surface area contributed by atoms with E-state index in [4.69, 9.17) is 4.52 Å². The van der Waals surface area contributed by atoms with Crippen LogP contribution in [0.3, 0.4) is 0 Å². The maximum Gasteiger partial charge on any atom is 0.275 e. The van der Waals surface area contributed by atoms with Gasteiger partial charge in [-0.2, -0.15) is 0 Å². The normalized spacial score (nSPS) is 17.6. The zero-order valence-corrected chi connectivity index (χ0v) is 15.6. The quantitative estimate of drug-likeness (QED) is 0.761. The smallest absolute Gasteiger partial charge is 0.275 e. The van der Waals surface area contributed by atoms with Crippen LogP contribution in [0.25, 0.3) is 5.65 Å². The molecule has 1 saturated heterocycles. The average molecular weight is 369 g/mol. The van der Waals surface area contributed by atoms with Crippen LogP contribution in [0.4, 0.5) is 0 Å². The molecule has 27 heavy (non-hydrogen) atoms. The highest BCUT2D eigenvalue weighted by molar-refractivity contribution is 5.77. The molecular formula is C19H23N5O3. The molecule has 3 aromatic heterocycles. The Balaban J connectivity index is 1.60. The summed E-state index contributed by atoms with van der Waals surface area (Å²) in [6, 6.07) is 3.60. The van der Waals surface area contributed by atoms with Crippen LogP contribution in [0, 0.1) is 13.8 Å². The molecule has 1 amide bonds. The fraction of sp³-hybridized carbons (Fsp3) is 0.474. The largest absolute Gasteiger partial charge is 0.361 e. The number of aromatic nitrogens is 4. The first-order valence-corrected chi connectivity index (χ1v) is 9.32. The Kier molecular flexibility index (Phi) is 4.55. The summed E-state index contributed by atoms with van der Waals surface area (Å²) in [6.45, 7) is 4.33. The van der Waals surface area contributed by atoms with Gasteiger partial charge in [0, 0.05) is 42.8 Å². The lowest BCUT2D eigenvalue weighted by molar-refractivity contribution is -0.135. The van der Waals surface area contributed by atoms with Gasteiger partial charge in [0.05, 0.1) is 17.9 Å². The maximum atomic E-state index is 12.8. The van der Waals surface area contributed by atoms with E-state index in [0.29, 0.717) is 29.8 Å². The van der Waals surface area contributed by atoms with Crippen LogP contribution in [0.1, 0.15) is 54.4 Å². The second-order valence-electron chi connectivity index (χ2n) is 7.11. The van der Waals surface area contributed by atoms with Crippen molar-refractivity contribution >= 4 is 11.6 Å². The van der Waals surface area contributed by atoms with E-state index >= 15 is 0 Å². The molecule has 0 saturated carbocycles. The number of fused-ring (bicyclic) bond motifs is 1. The van der Waals surface area contributed by atoms with Gasteiger partial charge in [0.15, 0.2) is 5.65 Å². The lowest BCUT2D eigenvalue weighted by Gasteiger charge is -2.35. The van der Waals surface area contributed by atoms with Gasteiger partial charge in [-0.15, -0.1) is 0 Å². The minimum Gasteiger partial charge on any atom is -0.361 e. The number of amides is 1. The van der Waals surface area contributed by atoms with Crippen LogP contribution in [0.15, 0.2) is 27.6 Å². The highest BCUT2D eigenvalue weighted by Crippen LogP contribution is 2.31. The first kappa shape index (κ1) is 17.5. The molecule has 8 nitrogen and oxygen atoms in total. The highest BCUT2D eigenvalue weighted by atomic mass is 16.5. The monoisotopic (exact) mass is 369 g/mol. The van der Waals surface area contributed by atoms with Crippen molar-refractivity contribution < 1.29 is 9.32 Å². The predicted molar refractivity (Wildman–Crippen MR) is 98.4 cm³/mol. The zero-order chi connectivity index (χ0) is 19.0. The number of nitrogens with one attached hydrogen (secondary N) is 1. The number of nitrogens with zero attached hydrogens (tertiary/aromatic N) is 4. The summed E-state index contributed by atoms with van der Waals surface area (Å²) >= 11 is 0. The Morgan fingerprint density at radius 2 is 2.22 bits per heavy atom. The molecule has 0 unspecified atom stereocenters. The maximum absolute atomic E-state index is 12.8. The molecule has 0 radical (unpaired) electrons. The lowest BCUT2D eigenvalue weighted by Crippen LogP contribution is -2.38. The molecular weight excluding hydrogens is 346 g/mol. The number of aryl methyl sites for hydroxylation is 2. The van der Waals surface area contributed by atoms with Crippen LogP contribution >= 0.6 is 0 Å². The molecule has 0 aromatic carbocycles. The van der Waals surface area contributed by atoms with Crippen LogP contribution in [0.2, 0.25) is 0 Å². The van der Waals surface area contributed by atoms with Gasteiger partial charge in [0.1, 0.15) is 5.76 Å². The first-order chi connectivity index (χ1) is 13.0. The molecule has 4 rings (SSSR count). The predicted octanol–water partition coefficient (Wildman–Crippen LogP) is 2.31. The van der Waals surface area contributed by atoms with Crippen molar-refractivity contribution in [1.82, 2.24) is 24.7 Å². The number of carbonyl (C=O) groups is 1. The van der Waals surface area contributed by atoms with Crippen LogP contribution in [-0.2, 0) is 11.2 Å². The van der Waals surface area contributed by atoms with Crippen molar-refractivity contribution in [2.75, 3.05) is 6.54 Å². The van der Waals surface area contributed by atoms with Gasteiger partial charge in [0.2, 0.25) is 5.91 Å². The standard InChI is InChI=1S/C19H23N5O3/c1-12-13(2)21-17-11-15(22-24(17)19(12)26)16-5-3-4-10-23(16)18(25)7-6-14-8-9-20-27-14/h8-9,11,16,22H,3-7,10H2,1-2H3/t16-/m1/s1. The van der Waals surface area contributed by atoms with Gasteiger partial charge in [0.25, 0.3) is 5.56 Å². The lowest BCUT2D eigenvalue weighted by atomic mass is 9.98. The molecule has 142 valence electrons. The Labute approximate surface area is 156 Å². The van der Waals surface area contributed by atoms with Gasteiger partial charge < -0.3 is 9.42 Å². The van der Waals surface area contributed by atoms with E-state index in [0.717, 1.165) is 37.2 Å². The zero-order valence-electron chi connectivity index (χ0n) is 15.6. The summed E-state index contributed by atoms with van der Waals surface area (Å²) in [4.78, 5) is 31.7. The average Bonchev–Trinajstić information content (AvgIpc) is 3.34. The third kappa shape index (κ3) is 3.27. The topological polar surface area (TPSA) is 96.5 Å². The van der Waals surface area contributed by atoms with Gasteiger partial charge in [-0.25, -0.2) is 9.50 Å². The fourth-order valence-corrected chi connectivity index (χ4v) is 3.71. The molecule has 0 bridgehead atoms. The SMILES string of the molecule is Cc1nc2cc([C@H]3CCCCN3C(=O)CCc3ccno3)[nH]n2c(=O)c1C. The van der Waals surface area contributed by atoms with Crippen molar-refractivity contribution in [1.29, 1.82) is 0 Å². The number of H-pyrrole nitrogens is 1. The minimum atomic E-state index is -0.0947. The van der Waals surface area contributed by atoms with Crippen LogP contribution in [-0.4, -0.2) is 37.1 Å². The molecule has 3 aromatic rings. The van der Waals surface area contributed by atoms with E-state index in [1.165, 1.54) is 4.52 Å². The second-order valence-corrected chi connectivity index (χ2v) is 7.11. The number of hydrogen-bond acceptors (Lipinski definition) is 5. The van der Waals surface area contributed by atoms with E-state index in [1.54, 1.807) is 19.2 Å². The third-order valence-electron chi connectivity index (χ3n) is 5.36. The van der Waals surface area contributed by atoms with Gasteiger partial charge in [-0.3, -0.25) is 14.7 Å². The molecule has 1 aliphatic heterocycles. The number of aromatic amines is 1. The van der Waals surface area contributed by atoms with Crippen LogP contribution < -0.4 is 5.56 Å². The summed E-state index contributed by atoms with van der Waals surface area (Å²) < 4.78 is 6.56. The van der Waals surface area contributed by atoms with Crippen LogP contribution in [0.5, 0.6) is 0 Å². The second kappa shape index (κ2) is 7.02. The van der Waals surface area contributed by atoms with E-state index in [2.05, 4.69) is 15.2 Å². The van der Waals surface area contributed by atoms with E-state index in [1.807, 2.05) is 17.9 Å². The van der Waals surface area contributed by atoms with Crippen molar-refractivity contribution in [3.05, 3.63) is 51.4 Å². The van der Waals surface area contributed by atoms with Crippen molar-refractivity contribution in [3.63, 3.8) is 0 Å². The summed E-state index contributed by atoms with van der Waals surface area (Å²) in [5.41, 5.74) is 2.72. The van der Waals surface area contributed by atoms with Gasteiger partial charge >= 0.3 is 0 Å². The number of likely N-dealkylation sites (tertiary alicyclic amines) is 1. The summed E-state index contributed by atoms with van der Waals surface area (Å²) in [7, 11) is 0. The Morgan fingerprint density at radius 3 is 3.00 bits per heavy atom. The van der Waals surface area contributed by atoms with Crippen molar-refractivity contribution in [2.45, 2.75) is 52.0 Å². The first-order valence-electron chi connectivity index (χ1n) is 9.32. The Bertz CT molecular complexity index is 1020. The molecule has 0 aliphatic carbocycles. The number of carbonyl (C=O) groups excluding carboxylic acids is 1. The van der Waals surface area contributed by atoms with Crippen molar-refractivity contribution in [3.8, 4) is 0 Å². The Morgan fingerprint density at radius 1 is 1.37 bits per heavy atom. The minimum absolute atomic E-state index is 0.0670. The molecule has 1 N–H and O–H groups in total. The number of rotatable bonds is 4. The summed E-state index contributed by atoms with van der Waals surface area (Å²) in [5.74, 6) is 0.798. The molecule has 1 atom stereocenters. The van der Waals surface area contributed by atoms with Gasteiger partial charge in [-0.1, -0.05) is 5.16 Å². The molecule has 8 heteroatoms. The summed E-state index contributed by atoms with van der Waals surface area (Å²) in [6.07, 6.45) is 5.40. The Hall–Kier alpha value is -2.90. The summed E-state index contributed by atoms with van der Waals surface area (Å²) in [5, 5.41) is 6.85. The molecule has 1 aliphatic rings. The molecule has 1 fully saturated rings. The number of piperidine rings is 1. The van der Waals surface area contributed by atoms with E-state index < -0.39 is 0 Å².